The van der Waals surface area contributed by atoms with E-state index in [-0.39, 0.29) is 24.2 Å². The van der Waals surface area contributed by atoms with Gasteiger partial charge in [0.25, 0.3) is 11.7 Å². The normalized spacial score (nSPS) is 23.6. The number of H-pyrrole nitrogens is 1. The Hall–Kier alpha value is -1.99. The Morgan fingerprint density at radius 1 is 1.50 bits per heavy atom. The molecule has 1 aliphatic rings. The Balaban J connectivity index is 2.17. The fraction of sp³-hybridized carbons (Fsp3) is 0.700. The lowest BCUT2D eigenvalue weighted by molar-refractivity contribution is -0.150. The van der Waals surface area contributed by atoms with Crippen LogP contribution in [-0.2, 0) is 4.79 Å². The van der Waals surface area contributed by atoms with Crippen LogP contribution in [0.15, 0.2) is 0 Å². The van der Waals surface area contributed by atoms with E-state index in [1.165, 1.54) is 4.90 Å². The maximum atomic E-state index is 12.0. The first kappa shape index (κ1) is 12.5. The molecule has 0 bridgehead atoms. The molecule has 0 saturated carbocycles. The number of aromatic nitrogens is 4. The third-order valence-corrected chi connectivity index (χ3v) is 3.66. The topological polar surface area (TPSA) is 112 Å². The fourth-order valence-corrected chi connectivity index (χ4v) is 2.29. The molecule has 0 aliphatic carbocycles. The van der Waals surface area contributed by atoms with E-state index in [1.807, 2.05) is 13.8 Å². The standard InChI is InChI=1S/C10H15N5O3/c1-6(2)10(9(17)18)3-4-15(5-10)8(16)7-11-13-14-12-7/h6H,3-5H2,1-2H3,(H,17,18)(H,11,12,13,14). The van der Waals surface area contributed by atoms with Gasteiger partial charge in [0.05, 0.1) is 5.41 Å². The molecule has 8 nitrogen and oxygen atoms in total. The monoisotopic (exact) mass is 253 g/mol. The highest BCUT2D eigenvalue weighted by atomic mass is 16.4. The highest BCUT2D eigenvalue weighted by Gasteiger charge is 2.48. The minimum absolute atomic E-state index is 0.0278. The number of tetrazole rings is 1. The van der Waals surface area contributed by atoms with Gasteiger partial charge in [-0.3, -0.25) is 9.59 Å². The number of likely N-dealkylation sites (tertiary alicyclic amines) is 1. The van der Waals surface area contributed by atoms with E-state index in [0.29, 0.717) is 13.0 Å². The minimum Gasteiger partial charge on any atom is -0.481 e. The van der Waals surface area contributed by atoms with Gasteiger partial charge in [-0.1, -0.05) is 13.8 Å². The van der Waals surface area contributed by atoms with E-state index in [1.54, 1.807) is 0 Å². The molecular weight excluding hydrogens is 238 g/mol. The molecule has 1 aromatic rings. The number of carbonyl (C=O) groups is 2. The smallest absolute Gasteiger partial charge is 0.311 e. The second-order valence-electron chi connectivity index (χ2n) is 4.83. The first-order valence-corrected chi connectivity index (χ1v) is 5.73. The van der Waals surface area contributed by atoms with Gasteiger partial charge in [0.2, 0.25) is 0 Å². The summed E-state index contributed by atoms with van der Waals surface area (Å²) < 4.78 is 0. The molecule has 1 fully saturated rings. The average Bonchev–Trinajstić information content (AvgIpc) is 2.98. The number of hydrogen-bond acceptors (Lipinski definition) is 5. The van der Waals surface area contributed by atoms with Crippen LogP contribution in [0.2, 0.25) is 0 Å². The molecule has 1 unspecified atom stereocenters. The number of amides is 1. The number of carboxylic acid groups (broad SMARTS) is 1. The van der Waals surface area contributed by atoms with Crippen molar-refractivity contribution < 1.29 is 14.7 Å². The summed E-state index contributed by atoms with van der Waals surface area (Å²) in [6, 6.07) is 0. The molecule has 1 saturated heterocycles. The van der Waals surface area contributed by atoms with Crippen LogP contribution in [0, 0.1) is 11.3 Å². The lowest BCUT2D eigenvalue weighted by Crippen LogP contribution is -2.40. The molecule has 0 aromatic carbocycles. The SMILES string of the molecule is CC(C)C1(C(=O)O)CCN(C(=O)c2nn[nH]n2)C1. The fourth-order valence-electron chi connectivity index (χ4n) is 2.29. The molecule has 2 rings (SSSR count). The van der Waals surface area contributed by atoms with Crippen molar-refractivity contribution in [1.82, 2.24) is 25.5 Å². The second-order valence-corrected chi connectivity index (χ2v) is 4.83. The lowest BCUT2D eigenvalue weighted by Gasteiger charge is -2.28. The van der Waals surface area contributed by atoms with E-state index in [0.717, 1.165) is 0 Å². The maximum absolute atomic E-state index is 12.0. The molecule has 1 aliphatic heterocycles. The lowest BCUT2D eigenvalue weighted by atomic mass is 9.76. The van der Waals surface area contributed by atoms with Crippen molar-refractivity contribution in [2.24, 2.45) is 11.3 Å². The highest BCUT2D eigenvalue weighted by molar-refractivity contribution is 5.91. The van der Waals surface area contributed by atoms with E-state index >= 15 is 0 Å². The molecule has 18 heavy (non-hydrogen) atoms. The summed E-state index contributed by atoms with van der Waals surface area (Å²) in [6.07, 6.45) is 0.448. The Morgan fingerprint density at radius 2 is 2.22 bits per heavy atom. The molecule has 1 atom stereocenters. The largest absolute Gasteiger partial charge is 0.481 e. The molecular formula is C10H15N5O3. The molecule has 1 amide bonds. The molecule has 1 aromatic heterocycles. The van der Waals surface area contributed by atoms with Gasteiger partial charge in [-0.25, -0.2) is 0 Å². The molecule has 8 heteroatoms. The van der Waals surface area contributed by atoms with Crippen LogP contribution >= 0.6 is 0 Å². The third kappa shape index (κ3) is 1.83. The molecule has 2 N–H and O–H groups in total. The average molecular weight is 253 g/mol. The predicted octanol–water partition coefficient (Wildman–Crippen LogP) is -0.227. The summed E-state index contributed by atoms with van der Waals surface area (Å²) >= 11 is 0. The van der Waals surface area contributed by atoms with Crippen LogP contribution in [-0.4, -0.2) is 55.6 Å². The van der Waals surface area contributed by atoms with E-state index < -0.39 is 11.4 Å². The van der Waals surface area contributed by atoms with Crippen molar-refractivity contribution in [3.63, 3.8) is 0 Å². The number of nitrogens with zero attached hydrogens (tertiary/aromatic N) is 4. The molecule has 2 heterocycles. The summed E-state index contributed by atoms with van der Waals surface area (Å²) in [6.45, 7) is 4.30. The van der Waals surface area contributed by atoms with Crippen LogP contribution < -0.4 is 0 Å². The number of hydrogen-bond donors (Lipinski definition) is 2. The van der Waals surface area contributed by atoms with Gasteiger partial charge in [-0.2, -0.15) is 5.21 Å². The number of carboxylic acids is 1. The van der Waals surface area contributed by atoms with Crippen LogP contribution in [0.5, 0.6) is 0 Å². The van der Waals surface area contributed by atoms with Gasteiger partial charge in [0.1, 0.15) is 0 Å². The van der Waals surface area contributed by atoms with Crippen LogP contribution in [0.3, 0.4) is 0 Å². The van der Waals surface area contributed by atoms with Crippen molar-refractivity contribution in [3.8, 4) is 0 Å². The van der Waals surface area contributed by atoms with Crippen LogP contribution in [0.1, 0.15) is 30.9 Å². The van der Waals surface area contributed by atoms with Gasteiger partial charge in [0.15, 0.2) is 0 Å². The first-order chi connectivity index (χ1) is 8.47. The number of carbonyl (C=O) groups excluding carboxylic acids is 1. The van der Waals surface area contributed by atoms with Gasteiger partial charge in [-0.15, -0.1) is 10.2 Å². The second kappa shape index (κ2) is 4.35. The quantitative estimate of drug-likeness (QED) is 0.769. The Morgan fingerprint density at radius 3 is 2.67 bits per heavy atom. The Labute approximate surface area is 103 Å². The summed E-state index contributed by atoms with van der Waals surface area (Å²) in [4.78, 5) is 24.9. The predicted molar refractivity (Wildman–Crippen MR) is 59.6 cm³/mol. The minimum atomic E-state index is -0.876. The maximum Gasteiger partial charge on any atom is 0.311 e. The van der Waals surface area contributed by atoms with Crippen molar-refractivity contribution in [2.75, 3.05) is 13.1 Å². The summed E-state index contributed by atoms with van der Waals surface area (Å²) in [7, 11) is 0. The van der Waals surface area contributed by atoms with Crippen LogP contribution in [0.4, 0.5) is 0 Å². The van der Waals surface area contributed by atoms with E-state index in [9.17, 15) is 14.7 Å². The van der Waals surface area contributed by atoms with Gasteiger partial charge in [-0.05, 0) is 17.6 Å². The summed E-state index contributed by atoms with van der Waals surface area (Å²) in [5, 5.41) is 22.1. The van der Waals surface area contributed by atoms with Crippen molar-refractivity contribution >= 4 is 11.9 Å². The zero-order valence-corrected chi connectivity index (χ0v) is 10.3. The Kier molecular flexibility index (Phi) is 3.02. The van der Waals surface area contributed by atoms with Gasteiger partial charge in [0, 0.05) is 13.1 Å². The first-order valence-electron chi connectivity index (χ1n) is 5.73. The van der Waals surface area contributed by atoms with E-state index in [4.69, 9.17) is 0 Å². The molecule has 0 radical (unpaired) electrons. The zero-order valence-electron chi connectivity index (χ0n) is 10.3. The van der Waals surface area contributed by atoms with Gasteiger partial charge < -0.3 is 10.0 Å². The van der Waals surface area contributed by atoms with Crippen molar-refractivity contribution in [2.45, 2.75) is 20.3 Å². The number of aromatic amines is 1. The van der Waals surface area contributed by atoms with Crippen molar-refractivity contribution in [1.29, 1.82) is 0 Å². The molecule has 98 valence electrons. The van der Waals surface area contributed by atoms with Crippen molar-refractivity contribution in [3.05, 3.63) is 5.82 Å². The number of rotatable bonds is 3. The molecule has 0 spiro atoms. The van der Waals surface area contributed by atoms with Gasteiger partial charge >= 0.3 is 5.97 Å². The zero-order chi connectivity index (χ0) is 13.3. The Bertz CT molecular complexity index is 458. The summed E-state index contributed by atoms with van der Waals surface area (Å²) in [5.74, 6) is -1.31. The summed E-state index contributed by atoms with van der Waals surface area (Å²) in [5.41, 5.74) is -0.876. The number of aliphatic carboxylic acids is 1. The van der Waals surface area contributed by atoms with Crippen LogP contribution in [0.25, 0.3) is 0 Å². The third-order valence-electron chi connectivity index (χ3n) is 3.66. The number of nitrogens with one attached hydrogen (secondary N) is 1. The highest BCUT2D eigenvalue weighted by Crippen LogP contribution is 2.38. The van der Waals surface area contributed by atoms with E-state index in [2.05, 4.69) is 20.6 Å².